The highest BCUT2D eigenvalue weighted by Gasteiger charge is 2.13. The molecule has 1 aromatic rings. The average molecular weight is 145 g/mol. The summed E-state index contributed by atoms with van der Waals surface area (Å²) >= 11 is 0. The number of hydrogen-bond donors (Lipinski definition) is 0. The van der Waals surface area contributed by atoms with Crippen molar-refractivity contribution in [3.63, 3.8) is 0 Å². The zero-order chi connectivity index (χ0) is 7.84. The number of carbonyl (C=O) groups excluding carboxylic acids is 1. The Hall–Kier alpha value is -1.44. The smallest absolute Gasteiger partial charge is 0.206 e. The highest BCUT2D eigenvalue weighted by Crippen LogP contribution is 2.24. The molecule has 1 aromatic carbocycles. The van der Waals surface area contributed by atoms with Crippen LogP contribution in [-0.4, -0.2) is 12.0 Å². The normalized spacial score (nSPS) is 13.7. The van der Waals surface area contributed by atoms with Crippen LogP contribution in [0.25, 0.3) is 0 Å². The molecule has 1 aliphatic heterocycles. The van der Waals surface area contributed by atoms with E-state index in [0.29, 0.717) is 0 Å². The number of carbonyl (C=O) groups is 1. The first-order chi connectivity index (χ1) is 5.27. The monoisotopic (exact) mass is 145 g/mol. The highest BCUT2D eigenvalue weighted by molar-refractivity contribution is 6.39. The van der Waals surface area contributed by atoms with Gasteiger partial charge in [0.1, 0.15) is 0 Å². The largest absolute Gasteiger partial charge is 0.287 e. The summed E-state index contributed by atoms with van der Waals surface area (Å²) in [5, 5.41) is 0. The molecule has 2 nitrogen and oxygen atoms in total. The van der Waals surface area contributed by atoms with Gasteiger partial charge in [0, 0.05) is 5.56 Å². The number of hydrogen-bond acceptors (Lipinski definition) is 2. The number of fused-ring (bicyclic) bond motifs is 1. The van der Waals surface area contributed by atoms with Gasteiger partial charge in [0.05, 0.1) is 11.9 Å². The van der Waals surface area contributed by atoms with E-state index in [2.05, 4.69) is 4.99 Å². The van der Waals surface area contributed by atoms with Crippen molar-refractivity contribution in [3.8, 4) is 0 Å². The van der Waals surface area contributed by atoms with Gasteiger partial charge in [-0.1, -0.05) is 11.6 Å². The van der Waals surface area contributed by atoms with Crippen LogP contribution in [-0.2, 0) is 0 Å². The second-order valence-electron chi connectivity index (χ2n) is 2.64. The van der Waals surface area contributed by atoms with Crippen molar-refractivity contribution in [3.05, 3.63) is 29.3 Å². The second kappa shape index (κ2) is 2.02. The van der Waals surface area contributed by atoms with E-state index in [1.165, 1.54) is 6.21 Å². The molecule has 0 aliphatic carbocycles. The first-order valence-electron chi connectivity index (χ1n) is 3.46. The summed E-state index contributed by atoms with van der Waals surface area (Å²) in [6.07, 6.45) is 1.37. The fourth-order valence-corrected chi connectivity index (χ4v) is 1.16. The number of Topliss-reactive ketones (excluding diaryl/α,β-unsaturated/α-hetero) is 1. The summed E-state index contributed by atoms with van der Waals surface area (Å²) in [6.45, 7) is 1.96. The number of rotatable bonds is 0. The molecule has 0 saturated carbocycles. The third-order valence-corrected chi connectivity index (χ3v) is 1.74. The summed E-state index contributed by atoms with van der Waals surface area (Å²) in [4.78, 5) is 15.0. The highest BCUT2D eigenvalue weighted by atomic mass is 16.1. The Morgan fingerprint density at radius 1 is 1.36 bits per heavy atom. The van der Waals surface area contributed by atoms with Gasteiger partial charge in [0.25, 0.3) is 0 Å². The van der Waals surface area contributed by atoms with Crippen LogP contribution in [0.3, 0.4) is 0 Å². The van der Waals surface area contributed by atoms with E-state index >= 15 is 0 Å². The molecule has 0 bridgehead atoms. The third kappa shape index (κ3) is 0.871. The van der Waals surface area contributed by atoms with Crippen LogP contribution in [0.1, 0.15) is 15.9 Å². The number of nitrogens with zero attached hydrogens (tertiary/aromatic N) is 1. The van der Waals surface area contributed by atoms with Gasteiger partial charge in [-0.3, -0.25) is 9.79 Å². The standard InChI is InChI=1S/C9H7NO/c1-6-2-3-8-7(4-6)9(11)5-10-8/h2-5H,1H3. The molecule has 1 heterocycles. The van der Waals surface area contributed by atoms with Crippen molar-refractivity contribution in [1.29, 1.82) is 0 Å². The molecule has 0 fully saturated rings. The molecule has 0 atom stereocenters. The molecule has 1 aliphatic rings. The molecular weight excluding hydrogens is 138 g/mol. The van der Waals surface area contributed by atoms with E-state index in [9.17, 15) is 4.79 Å². The maximum Gasteiger partial charge on any atom is 0.206 e. The van der Waals surface area contributed by atoms with Crippen molar-refractivity contribution in [2.24, 2.45) is 4.99 Å². The van der Waals surface area contributed by atoms with Crippen LogP contribution >= 0.6 is 0 Å². The molecule has 11 heavy (non-hydrogen) atoms. The lowest BCUT2D eigenvalue weighted by atomic mass is 10.1. The van der Waals surface area contributed by atoms with Crippen LogP contribution in [0.2, 0.25) is 0 Å². The average Bonchev–Trinajstić information content (AvgIpc) is 2.33. The summed E-state index contributed by atoms with van der Waals surface area (Å²) in [7, 11) is 0. The van der Waals surface area contributed by atoms with Crippen molar-refractivity contribution in [2.45, 2.75) is 6.92 Å². The minimum atomic E-state index is 0.0173. The van der Waals surface area contributed by atoms with Crippen LogP contribution in [0, 0.1) is 6.92 Å². The first kappa shape index (κ1) is 6.28. The van der Waals surface area contributed by atoms with Gasteiger partial charge >= 0.3 is 0 Å². The Morgan fingerprint density at radius 3 is 3.00 bits per heavy atom. The SMILES string of the molecule is Cc1ccc2c(c1)C(=O)C=N2. The minimum Gasteiger partial charge on any atom is -0.287 e. The van der Waals surface area contributed by atoms with Gasteiger partial charge in [-0.15, -0.1) is 0 Å². The van der Waals surface area contributed by atoms with Gasteiger partial charge in [-0.25, -0.2) is 0 Å². The Balaban J connectivity index is 2.67. The molecule has 0 spiro atoms. The van der Waals surface area contributed by atoms with E-state index in [4.69, 9.17) is 0 Å². The van der Waals surface area contributed by atoms with E-state index in [-0.39, 0.29) is 5.78 Å². The number of ketones is 1. The van der Waals surface area contributed by atoms with Gasteiger partial charge in [-0.05, 0) is 19.1 Å². The van der Waals surface area contributed by atoms with Crippen molar-refractivity contribution in [2.75, 3.05) is 0 Å². The molecule has 0 N–H and O–H groups in total. The molecular formula is C9H7NO. The lowest BCUT2D eigenvalue weighted by molar-refractivity contribution is 0.107. The fraction of sp³-hybridized carbons (Fsp3) is 0.111. The predicted molar refractivity (Wildman–Crippen MR) is 43.7 cm³/mol. The number of aryl methyl sites for hydroxylation is 1. The van der Waals surface area contributed by atoms with Gasteiger partial charge in [-0.2, -0.15) is 0 Å². The molecule has 2 rings (SSSR count). The summed E-state index contributed by atoms with van der Waals surface area (Å²) < 4.78 is 0. The number of benzene rings is 1. The van der Waals surface area contributed by atoms with Crippen molar-refractivity contribution >= 4 is 17.7 Å². The van der Waals surface area contributed by atoms with Crippen LogP contribution in [0.15, 0.2) is 23.2 Å². The minimum absolute atomic E-state index is 0.0173. The Morgan fingerprint density at radius 2 is 2.18 bits per heavy atom. The van der Waals surface area contributed by atoms with Crippen LogP contribution in [0.5, 0.6) is 0 Å². The maximum atomic E-state index is 11.1. The Labute approximate surface area is 64.6 Å². The molecule has 0 amide bonds. The van der Waals surface area contributed by atoms with Crippen LogP contribution < -0.4 is 0 Å². The summed E-state index contributed by atoms with van der Waals surface area (Å²) in [5.41, 5.74) is 2.62. The van der Waals surface area contributed by atoms with Crippen molar-refractivity contribution in [1.82, 2.24) is 0 Å². The van der Waals surface area contributed by atoms with Gasteiger partial charge in [0.2, 0.25) is 5.78 Å². The molecule has 0 saturated heterocycles. The third-order valence-electron chi connectivity index (χ3n) is 1.74. The number of aliphatic imine (C=N–C) groups is 1. The lowest BCUT2D eigenvalue weighted by Gasteiger charge is -1.95. The maximum absolute atomic E-state index is 11.1. The van der Waals surface area contributed by atoms with E-state index in [0.717, 1.165) is 16.8 Å². The van der Waals surface area contributed by atoms with Gasteiger partial charge < -0.3 is 0 Å². The lowest BCUT2D eigenvalue weighted by Crippen LogP contribution is -1.93. The zero-order valence-corrected chi connectivity index (χ0v) is 6.16. The summed E-state index contributed by atoms with van der Waals surface area (Å²) in [6, 6.07) is 5.69. The summed E-state index contributed by atoms with van der Waals surface area (Å²) in [5.74, 6) is 0.0173. The predicted octanol–water partition coefficient (Wildman–Crippen LogP) is 1.89. The van der Waals surface area contributed by atoms with Gasteiger partial charge in [0.15, 0.2) is 0 Å². The molecule has 0 aromatic heterocycles. The molecule has 0 unspecified atom stereocenters. The first-order valence-corrected chi connectivity index (χ1v) is 3.46. The fourth-order valence-electron chi connectivity index (χ4n) is 1.16. The van der Waals surface area contributed by atoms with Crippen LogP contribution in [0.4, 0.5) is 5.69 Å². The molecule has 0 radical (unpaired) electrons. The second-order valence-corrected chi connectivity index (χ2v) is 2.64. The molecule has 2 heteroatoms. The van der Waals surface area contributed by atoms with Crippen molar-refractivity contribution < 1.29 is 4.79 Å². The topological polar surface area (TPSA) is 29.4 Å². The zero-order valence-electron chi connectivity index (χ0n) is 6.16. The van der Waals surface area contributed by atoms with E-state index < -0.39 is 0 Å². The molecule has 54 valence electrons. The van der Waals surface area contributed by atoms with E-state index in [1.807, 2.05) is 25.1 Å². The quantitative estimate of drug-likeness (QED) is 0.548. The Kier molecular flexibility index (Phi) is 1.15. The Bertz CT molecular complexity index is 353. The van der Waals surface area contributed by atoms with E-state index in [1.54, 1.807) is 0 Å².